The maximum absolute atomic E-state index is 13.2. The molecule has 45 heavy (non-hydrogen) atoms. The van der Waals surface area contributed by atoms with Crippen molar-refractivity contribution in [3.63, 3.8) is 0 Å². The average molecular weight is 641 g/mol. The molecule has 2 aliphatic rings. The highest BCUT2D eigenvalue weighted by atomic mass is 16.7. The van der Waals surface area contributed by atoms with E-state index in [4.69, 9.17) is 28.1 Å². The number of phenolic OH excluding ortho intramolecular Hbond substituents is 3. The summed E-state index contributed by atoms with van der Waals surface area (Å²) in [6.07, 6.45) is -16.5. The molecule has 0 saturated carbocycles. The topological polar surface area (TPSA) is 279 Å². The van der Waals surface area contributed by atoms with Gasteiger partial charge in [-0.05, 0) is 18.2 Å². The van der Waals surface area contributed by atoms with E-state index in [0.717, 1.165) is 24.3 Å². The van der Waals surface area contributed by atoms with Crippen LogP contribution in [0.4, 0.5) is 0 Å². The summed E-state index contributed by atoms with van der Waals surface area (Å²) >= 11 is 0. The molecule has 17 nitrogen and oxygen atoms in total. The van der Waals surface area contributed by atoms with Crippen molar-refractivity contribution in [3.8, 4) is 40.1 Å². The summed E-state index contributed by atoms with van der Waals surface area (Å²) in [6.45, 7) is -1.31. The number of aliphatic hydroxyl groups excluding tert-OH is 7. The predicted octanol–water partition coefficient (Wildman–Crippen LogP) is -2.41. The van der Waals surface area contributed by atoms with E-state index in [1.165, 1.54) is 13.2 Å². The van der Waals surface area contributed by atoms with Gasteiger partial charge in [0.15, 0.2) is 23.5 Å². The third kappa shape index (κ3) is 6.10. The maximum Gasteiger partial charge on any atom is 0.239 e. The van der Waals surface area contributed by atoms with Gasteiger partial charge >= 0.3 is 0 Å². The summed E-state index contributed by atoms with van der Waals surface area (Å²) in [5.74, 6) is -2.27. The van der Waals surface area contributed by atoms with E-state index >= 15 is 0 Å². The molecule has 5 rings (SSSR count). The predicted molar refractivity (Wildman–Crippen MR) is 146 cm³/mol. The van der Waals surface area contributed by atoms with Gasteiger partial charge < -0.3 is 79.2 Å². The summed E-state index contributed by atoms with van der Waals surface area (Å²) in [6, 6.07) is 5.77. The molecule has 10 atom stereocenters. The first kappa shape index (κ1) is 32.6. The van der Waals surface area contributed by atoms with Crippen molar-refractivity contribution in [2.75, 3.05) is 20.3 Å². The van der Waals surface area contributed by atoms with E-state index in [0.29, 0.717) is 0 Å². The first-order chi connectivity index (χ1) is 21.4. The largest absolute Gasteiger partial charge is 0.507 e. The molecule has 0 amide bonds. The first-order valence-corrected chi connectivity index (χ1v) is 13.5. The number of phenols is 3. The molecule has 10 N–H and O–H groups in total. The van der Waals surface area contributed by atoms with Gasteiger partial charge in [0.05, 0.1) is 20.3 Å². The van der Waals surface area contributed by atoms with Crippen LogP contribution in [0.25, 0.3) is 22.3 Å². The summed E-state index contributed by atoms with van der Waals surface area (Å²) in [4.78, 5) is 13.2. The molecule has 246 valence electrons. The van der Waals surface area contributed by atoms with E-state index in [2.05, 4.69) is 0 Å². The van der Waals surface area contributed by atoms with Crippen LogP contribution >= 0.6 is 0 Å². The zero-order valence-electron chi connectivity index (χ0n) is 23.4. The summed E-state index contributed by atoms with van der Waals surface area (Å²) < 4.78 is 32.9. The van der Waals surface area contributed by atoms with Gasteiger partial charge in [-0.1, -0.05) is 0 Å². The SMILES string of the molecule is COc1c(-c2ccc(O)c(O)c2)oc2cc(OC3OC(COC4OC(CO)C(O)C(O)C4O)C(O)C(O)C3O)cc(O)c2c1=O. The second-order valence-corrected chi connectivity index (χ2v) is 10.5. The number of ether oxygens (including phenoxy) is 5. The number of rotatable bonds is 8. The number of hydrogen-bond acceptors (Lipinski definition) is 17. The fraction of sp³-hybridized carbons (Fsp3) is 0.464. The number of aliphatic hydroxyl groups is 7. The van der Waals surface area contributed by atoms with Gasteiger partial charge in [0.25, 0.3) is 0 Å². The van der Waals surface area contributed by atoms with Gasteiger partial charge in [-0.15, -0.1) is 0 Å². The minimum atomic E-state index is -1.85. The fourth-order valence-corrected chi connectivity index (χ4v) is 5.05. The molecule has 0 aliphatic carbocycles. The van der Waals surface area contributed by atoms with E-state index in [1.54, 1.807) is 0 Å². The second-order valence-electron chi connectivity index (χ2n) is 10.5. The van der Waals surface area contributed by atoms with Crippen LogP contribution in [0.5, 0.6) is 28.7 Å². The Bertz CT molecular complexity index is 1570. The molecular weight excluding hydrogens is 608 g/mol. The van der Waals surface area contributed by atoms with Crippen molar-refractivity contribution in [1.29, 1.82) is 0 Å². The van der Waals surface area contributed by atoms with Crippen LogP contribution in [-0.2, 0) is 14.2 Å². The molecule has 0 bridgehead atoms. The van der Waals surface area contributed by atoms with Crippen molar-refractivity contribution in [3.05, 3.63) is 40.6 Å². The van der Waals surface area contributed by atoms with Crippen molar-refractivity contribution < 1.29 is 79.2 Å². The molecule has 2 aromatic carbocycles. The lowest BCUT2D eigenvalue weighted by Gasteiger charge is -2.42. The number of benzene rings is 2. The molecule has 10 unspecified atom stereocenters. The van der Waals surface area contributed by atoms with Crippen molar-refractivity contribution in [2.24, 2.45) is 0 Å². The maximum atomic E-state index is 13.2. The lowest BCUT2D eigenvalue weighted by Crippen LogP contribution is -2.62. The van der Waals surface area contributed by atoms with E-state index < -0.39 is 97.3 Å². The summed E-state index contributed by atoms with van der Waals surface area (Å²) in [7, 11) is 1.19. The normalized spacial score (nSPS) is 32.0. The van der Waals surface area contributed by atoms with Gasteiger partial charge in [-0.25, -0.2) is 0 Å². The molecular formula is C28H32O17. The van der Waals surface area contributed by atoms with Crippen molar-refractivity contribution in [1.82, 2.24) is 0 Å². The quantitative estimate of drug-likeness (QED) is 0.115. The smallest absolute Gasteiger partial charge is 0.239 e. The standard InChI is InChI=1S/C28H32O17/c1-40-26-20(35)17-13(32)5-10(6-14(17)43-25(26)9-2-3-11(30)12(31)4-9)42-28-24(39)22(37)19(34)16(45-28)8-41-27-23(38)21(36)18(33)15(7-29)44-27/h2-6,15-16,18-19,21-24,27-34,36-39H,7-8H2,1H3. The molecule has 3 heterocycles. The Kier molecular flexibility index (Phi) is 9.38. The zero-order valence-corrected chi connectivity index (χ0v) is 23.4. The molecule has 2 aliphatic heterocycles. The number of aromatic hydroxyl groups is 3. The van der Waals surface area contributed by atoms with Crippen LogP contribution in [0, 0.1) is 0 Å². The fourth-order valence-electron chi connectivity index (χ4n) is 5.05. The Labute approximate surface area is 252 Å². The van der Waals surface area contributed by atoms with Crippen LogP contribution in [0.2, 0.25) is 0 Å². The Morgan fingerprint density at radius 1 is 0.756 bits per heavy atom. The van der Waals surface area contributed by atoms with Crippen LogP contribution in [-0.4, -0.2) is 133 Å². The Morgan fingerprint density at radius 2 is 1.40 bits per heavy atom. The zero-order chi connectivity index (χ0) is 32.7. The minimum Gasteiger partial charge on any atom is -0.507 e. The van der Waals surface area contributed by atoms with E-state index in [-0.39, 0.29) is 33.8 Å². The Morgan fingerprint density at radius 3 is 2.04 bits per heavy atom. The molecule has 0 radical (unpaired) electrons. The van der Waals surface area contributed by atoms with Crippen LogP contribution in [0.3, 0.4) is 0 Å². The van der Waals surface area contributed by atoms with E-state index in [1.807, 2.05) is 0 Å². The molecule has 3 aromatic rings. The highest BCUT2D eigenvalue weighted by molar-refractivity contribution is 5.88. The van der Waals surface area contributed by atoms with Crippen molar-refractivity contribution in [2.45, 2.75) is 61.4 Å². The van der Waals surface area contributed by atoms with Crippen molar-refractivity contribution >= 4 is 11.0 Å². The molecule has 0 spiro atoms. The number of methoxy groups -OCH3 is 1. The average Bonchev–Trinajstić information content (AvgIpc) is 3.01. The summed E-state index contributed by atoms with van der Waals surface area (Å²) in [5.41, 5.74) is -0.882. The monoisotopic (exact) mass is 640 g/mol. The first-order valence-electron chi connectivity index (χ1n) is 13.5. The van der Waals surface area contributed by atoms with Gasteiger partial charge in [0.2, 0.25) is 17.5 Å². The molecule has 17 heteroatoms. The lowest BCUT2D eigenvalue weighted by atomic mass is 9.98. The van der Waals surface area contributed by atoms with Gasteiger partial charge in [0.1, 0.15) is 71.3 Å². The van der Waals surface area contributed by atoms with Gasteiger partial charge in [-0.3, -0.25) is 4.79 Å². The third-order valence-corrected chi connectivity index (χ3v) is 7.54. The van der Waals surface area contributed by atoms with Crippen LogP contribution in [0.15, 0.2) is 39.5 Å². The highest BCUT2D eigenvalue weighted by Crippen LogP contribution is 2.39. The van der Waals surface area contributed by atoms with E-state index in [9.17, 15) is 55.9 Å². The number of fused-ring (bicyclic) bond motifs is 1. The third-order valence-electron chi connectivity index (χ3n) is 7.54. The van der Waals surface area contributed by atoms with Crippen LogP contribution in [0.1, 0.15) is 0 Å². The summed E-state index contributed by atoms with van der Waals surface area (Å²) in [5, 5.41) is 101. The molecule has 2 fully saturated rings. The van der Waals surface area contributed by atoms with Gasteiger partial charge in [-0.2, -0.15) is 0 Å². The molecule has 1 aromatic heterocycles. The van der Waals surface area contributed by atoms with Crippen LogP contribution < -0.4 is 14.9 Å². The lowest BCUT2D eigenvalue weighted by molar-refractivity contribution is -0.323. The Balaban J connectivity index is 1.40. The highest BCUT2D eigenvalue weighted by Gasteiger charge is 2.48. The minimum absolute atomic E-state index is 0.136. The second kappa shape index (κ2) is 12.9. The molecule has 2 saturated heterocycles. The van der Waals surface area contributed by atoms with Gasteiger partial charge in [0, 0.05) is 17.7 Å². The Hall–Kier alpha value is -3.75. The number of hydrogen-bond donors (Lipinski definition) is 10.